The minimum atomic E-state index is 0.127. The van der Waals surface area contributed by atoms with Gasteiger partial charge in [-0.25, -0.2) is 0 Å². The van der Waals surface area contributed by atoms with Gasteiger partial charge in [0.05, 0.1) is 0 Å². The number of hydrogen-bond acceptors (Lipinski definition) is 2. The topological polar surface area (TPSA) is 6.48 Å². The zero-order valence-corrected chi connectivity index (χ0v) is 27.9. The van der Waals surface area contributed by atoms with Crippen molar-refractivity contribution >= 4 is 40.6 Å². The van der Waals surface area contributed by atoms with E-state index in [-0.39, 0.29) is 5.41 Å². The van der Waals surface area contributed by atoms with Gasteiger partial charge < -0.3 is 9.80 Å². The first-order valence-corrected chi connectivity index (χ1v) is 18.1. The van der Waals surface area contributed by atoms with Gasteiger partial charge in [0.25, 0.3) is 0 Å². The van der Waals surface area contributed by atoms with Crippen LogP contribution in [0.2, 0.25) is 0 Å². The van der Waals surface area contributed by atoms with Crippen molar-refractivity contribution in [1.29, 1.82) is 0 Å². The van der Waals surface area contributed by atoms with E-state index in [0.717, 1.165) is 13.0 Å². The molecule has 0 unspecified atom stereocenters. The van der Waals surface area contributed by atoms with Gasteiger partial charge in [-0.15, -0.1) is 0 Å². The fraction of sp³-hybridized carbons (Fsp3) is 0.191. The SMILES string of the molecule is C(=C\c1ccc2c(c1)C1(CCCC1)c1cc(N3CCCc4ccccc43)ccc1-2)/c1ccc(N2c3ccccc3Cc3ccccc32)cc1. The minimum Gasteiger partial charge on any atom is -0.341 e. The van der Waals surface area contributed by atoms with Gasteiger partial charge in [0.15, 0.2) is 0 Å². The first-order valence-electron chi connectivity index (χ1n) is 18.1. The summed E-state index contributed by atoms with van der Waals surface area (Å²) >= 11 is 0. The molecule has 1 saturated carbocycles. The van der Waals surface area contributed by atoms with Crippen molar-refractivity contribution in [1.82, 2.24) is 0 Å². The molecule has 2 aliphatic carbocycles. The van der Waals surface area contributed by atoms with Gasteiger partial charge in [0, 0.05) is 46.8 Å². The van der Waals surface area contributed by atoms with E-state index in [4.69, 9.17) is 0 Å². The molecule has 1 spiro atoms. The Bertz CT molecular complexity index is 2210. The Morgan fingerprint density at radius 1 is 0.490 bits per heavy atom. The molecule has 2 heterocycles. The summed E-state index contributed by atoms with van der Waals surface area (Å²) in [6.07, 6.45) is 13.0. The van der Waals surface area contributed by atoms with Gasteiger partial charge in [-0.3, -0.25) is 0 Å². The second kappa shape index (κ2) is 11.4. The van der Waals surface area contributed by atoms with Gasteiger partial charge in [-0.05, 0) is 118 Å². The van der Waals surface area contributed by atoms with Crippen molar-refractivity contribution in [2.75, 3.05) is 16.3 Å². The summed E-state index contributed by atoms with van der Waals surface area (Å²) in [6.45, 7) is 1.09. The van der Waals surface area contributed by atoms with Crippen LogP contribution < -0.4 is 9.80 Å². The molecule has 10 rings (SSSR count). The van der Waals surface area contributed by atoms with Crippen LogP contribution in [0.15, 0.2) is 133 Å². The Morgan fingerprint density at radius 2 is 1.06 bits per heavy atom. The summed E-state index contributed by atoms with van der Waals surface area (Å²) < 4.78 is 0. The second-order valence-electron chi connectivity index (χ2n) is 14.4. The Hall–Kier alpha value is -5.34. The van der Waals surface area contributed by atoms with Gasteiger partial charge in [0.2, 0.25) is 0 Å². The number of aryl methyl sites for hydroxylation is 1. The molecule has 6 aromatic rings. The average molecular weight is 633 g/mol. The number of benzene rings is 6. The van der Waals surface area contributed by atoms with Crippen molar-refractivity contribution in [3.8, 4) is 11.1 Å². The molecule has 4 aliphatic rings. The maximum absolute atomic E-state index is 2.56. The van der Waals surface area contributed by atoms with E-state index in [2.05, 4.69) is 155 Å². The van der Waals surface area contributed by atoms with Crippen LogP contribution in [-0.4, -0.2) is 6.54 Å². The van der Waals surface area contributed by atoms with Crippen LogP contribution in [0.5, 0.6) is 0 Å². The predicted molar refractivity (Wildman–Crippen MR) is 206 cm³/mol. The van der Waals surface area contributed by atoms with Gasteiger partial charge >= 0.3 is 0 Å². The van der Waals surface area contributed by atoms with Crippen molar-refractivity contribution < 1.29 is 0 Å². The van der Waals surface area contributed by atoms with E-state index in [9.17, 15) is 0 Å². The molecule has 49 heavy (non-hydrogen) atoms. The highest BCUT2D eigenvalue weighted by molar-refractivity contribution is 5.87. The molecule has 1 fully saturated rings. The van der Waals surface area contributed by atoms with Crippen molar-refractivity contribution in [3.63, 3.8) is 0 Å². The molecule has 2 heteroatoms. The van der Waals surface area contributed by atoms with Gasteiger partial charge in [0.1, 0.15) is 0 Å². The summed E-state index contributed by atoms with van der Waals surface area (Å²) in [4.78, 5) is 4.98. The van der Waals surface area contributed by atoms with Crippen molar-refractivity contribution in [2.24, 2.45) is 0 Å². The largest absolute Gasteiger partial charge is 0.341 e. The zero-order valence-electron chi connectivity index (χ0n) is 27.9. The number of anilines is 5. The highest BCUT2D eigenvalue weighted by Crippen LogP contribution is 2.58. The number of para-hydroxylation sites is 3. The van der Waals surface area contributed by atoms with E-state index in [1.54, 1.807) is 5.56 Å². The normalized spacial score (nSPS) is 16.7. The van der Waals surface area contributed by atoms with Gasteiger partial charge in [-0.1, -0.05) is 116 Å². The third-order valence-corrected chi connectivity index (χ3v) is 11.7. The lowest BCUT2D eigenvalue weighted by molar-refractivity contribution is 0.549. The molecule has 0 aromatic heterocycles. The summed E-state index contributed by atoms with van der Waals surface area (Å²) in [5.74, 6) is 0. The van der Waals surface area contributed by atoms with E-state index in [0.29, 0.717) is 0 Å². The van der Waals surface area contributed by atoms with Crippen LogP contribution in [0.4, 0.5) is 28.4 Å². The Morgan fingerprint density at radius 3 is 1.80 bits per heavy atom. The first kappa shape index (κ1) is 28.7. The molecule has 0 radical (unpaired) electrons. The number of rotatable bonds is 4. The molecule has 6 aromatic carbocycles. The monoisotopic (exact) mass is 632 g/mol. The molecule has 0 saturated heterocycles. The lowest BCUT2D eigenvalue weighted by Crippen LogP contribution is -2.25. The fourth-order valence-corrected chi connectivity index (χ4v) is 9.39. The summed E-state index contributed by atoms with van der Waals surface area (Å²) in [6, 6.07) is 50.2. The standard InChI is InChI=1S/C47H40N2/c1-4-14-44-35(10-1)13-9-29-48(44)39-24-26-41-40-25-21-34(30-42(40)47(43(41)32-39)27-7-8-28-47)18-17-33-19-22-38(23-20-33)49-45-15-5-2-11-36(45)31-37-12-3-6-16-46(37)49/h1-6,10-12,14-26,30,32H,7-9,13,27-29,31H2/b18-17+. The smallest absolute Gasteiger partial charge is 0.0497 e. The highest BCUT2D eigenvalue weighted by atomic mass is 15.2. The number of fused-ring (bicyclic) bond motifs is 8. The molecule has 2 nitrogen and oxygen atoms in total. The Kier molecular flexibility index (Phi) is 6.65. The van der Waals surface area contributed by atoms with E-state index in [1.165, 1.54) is 111 Å². The lowest BCUT2D eigenvalue weighted by Gasteiger charge is -2.33. The van der Waals surface area contributed by atoms with Crippen LogP contribution >= 0.6 is 0 Å². The predicted octanol–water partition coefficient (Wildman–Crippen LogP) is 12.2. The van der Waals surface area contributed by atoms with E-state index >= 15 is 0 Å². The molecular formula is C47H40N2. The van der Waals surface area contributed by atoms with Crippen LogP contribution in [-0.2, 0) is 18.3 Å². The Balaban J connectivity index is 0.955. The van der Waals surface area contributed by atoms with E-state index < -0.39 is 0 Å². The maximum atomic E-state index is 2.56. The minimum absolute atomic E-state index is 0.127. The van der Waals surface area contributed by atoms with Crippen LogP contribution in [0.25, 0.3) is 23.3 Å². The highest BCUT2D eigenvalue weighted by Gasteiger charge is 2.45. The summed E-state index contributed by atoms with van der Waals surface area (Å²) in [7, 11) is 0. The van der Waals surface area contributed by atoms with Crippen LogP contribution in [0.3, 0.4) is 0 Å². The fourth-order valence-electron chi connectivity index (χ4n) is 9.39. The number of nitrogens with zero attached hydrogens (tertiary/aromatic N) is 2. The molecule has 0 N–H and O–H groups in total. The maximum Gasteiger partial charge on any atom is 0.0497 e. The van der Waals surface area contributed by atoms with Crippen LogP contribution in [0.1, 0.15) is 71.0 Å². The third-order valence-electron chi connectivity index (χ3n) is 11.7. The zero-order chi connectivity index (χ0) is 32.4. The lowest BCUT2D eigenvalue weighted by atomic mass is 9.76. The second-order valence-corrected chi connectivity index (χ2v) is 14.4. The van der Waals surface area contributed by atoms with Crippen molar-refractivity contribution in [2.45, 2.75) is 50.4 Å². The van der Waals surface area contributed by atoms with Crippen molar-refractivity contribution in [3.05, 3.63) is 172 Å². The molecule has 0 amide bonds. The molecule has 0 bridgehead atoms. The molecule has 238 valence electrons. The van der Waals surface area contributed by atoms with E-state index in [1.807, 2.05) is 0 Å². The quantitative estimate of drug-likeness (QED) is 0.178. The first-order chi connectivity index (χ1) is 24.2. The Labute approximate surface area is 290 Å². The third kappa shape index (κ3) is 4.61. The summed E-state index contributed by atoms with van der Waals surface area (Å²) in [5.41, 5.74) is 19.3. The summed E-state index contributed by atoms with van der Waals surface area (Å²) in [5, 5.41) is 0. The molecular weight excluding hydrogens is 593 g/mol. The molecule has 0 atom stereocenters. The molecule has 2 aliphatic heterocycles. The van der Waals surface area contributed by atoms with Gasteiger partial charge in [-0.2, -0.15) is 0 Å². The van der Waals surface area contributed by atoms with Crippen LogP contribution in [0, 0.1) is 0 Å². The number of hydrogen-bond donors (Lipinski definition) is 0. The average Bonchev–Trinajstić information content (AvgIpc) is 3.76.